The van der Waals surface area contributed by atoms with Gasteiger partial charge >= 0.3 is 6.61 Å². The van der Waals surface area contributed by atoms with E-state index in [2.05, 4.69) is 15.0 Å². The minimum absolute atomic E-state index is 0.0319. The summed E-state index contributed by atoms with van der Waals surface area (Å²) in [4.78, 5) is 16.7. The predicted molar refractivity (Wildman–Crippen MR) is 109 cm³/mol. The molecule has 0 radical (unpaired) electrons. The molecule has 3 rings (SSSR count). The van der Waals surface area contributed by atoms with Crippen molar-refractivity contribution in [3.63, 3.8) is 0 Å². The Labute approximate surface area is 186 Å². The summed E-state index contributed by atoms with van der Waals surface area (Å²) in [5, 5.41) is 2.70. The van der Waals surface area contributed by atoms with Gasteiger partial charge in [0.2, 0.25) is 5.89 Å². The second-order valence-electron chi connectivity index (χ2n) is 6.50. The SMILES string of the molecule is CCOc1ccccc1C(=O)NCc1coc(-c2ccc(OC(F)F)c(OCC(F)F)c2)n1. The molecule has 1 N–H and O–H groups in total. The van der Waals surface area contributed by atoms with Crippen molar-refractivity contribution in [3.05, 3.63) is 60.0 Å². The van der Waals surface area contributed by atoms with E-state index in [-0.39, 0.29) is 29.7 Å². The summed E-state index contributed by atoms with van der Waals surface area (Å²) in [6.45, 7) is -1.92. The number of aromatic nitrogens is 1. The number of nitrogens with zero attached hydrogens (tertiary/aromatic N) is 1. The second kappa shape index (κ2) is 11.2. The average Bonchev–Trinajstić information content (AvgIpc) is 3.26. The Kier molecular flexibility index (Phi) is 8.11. The van der Waals surface area contributed by atoms with Crippen molar-refractivity contribution in [2.75, 3.05) is 13.2 Å². The van der Waals surface area contributed by atoms with Crippen molar-refractivity contribution >= 4 is 5.91 Å². The lowest BCUT2D eigenvalue weighted by Crippen LogP contribution is -2.23. The van der Waals surface area contributed by atoms with Crippen LogP contribution in [0, 0.1) is 0 Å². The van der Waals surface area contributed by atoms with E-state index in [1.54, 1.807) is 24.3 Å². The van der Waals surface area contributed by atoms with E-state index in [1.807, 2.05) is 6.92 Å². The van der Waals surface area contributed by atoms with E-state index >= 15 is 0 Å². The molecule has 0 unspecified atom stereocenters. The summed E-state index contributed by atoms with van der Waals surface area (Å²) in [6, 6.07) is 10.5. The van der Waals surface area contributed by atoms with Gasteiger partial charge in [0.05, 0.1) is 24.4 Å². The molecule has 0 bridgehead atoms. The molecule has 33 heavy (non-hydrogen) atoms. The van der Waals surface area contributed by atoms with Crippen LogP contribution in [0.25, 0.3) is 11.5 Å². The summed E-state index contributed by atoms with van der Waals surface area (Å²) in [5.41, 5.74) is 1.01. The number of rotatable bonds is 11. The molecule has 3 aromatic rings. The van der Waals surface area contributed by atoms with E-state index in [0.717, 1.165) is 6.07 Å². The van der Waals surface area contributed by atoms with Crippen molar-refractivity contribution in [1.82, 2.24) is 10.3 Å². The maximum atomic E-state index is 12.6. The molecule has 1 heterocycles. The Morgan fingerprint density at radius 2 is 1.85 bits per heavy atom. The molecule has 0 spiro atoms. The lowest BCUT2D eigenvalue weighted by molar-refractivity contribution is -0.0520. The standard InChI is InChI=1S/C22H20F4N2O5/c1-2-30-16-6-4-3-5-15(16)20(29)27-10-14-11-32-21(28-14)13-7-8-17(33-22(25)26)18(9-13)31-12-19(23)24/h3-9,11,19,22H,2,10,12H2,1H3,(H,27,29). The van der Waals surface area contributed by atoms with Gasteiger partial charge in [0, 0.05) is 5.56 Å². The highest BCUT2D eigenvalue weighted by Gasteiger charge is 2.17. The number of benzene rings is 2. The highest BCUT2D eigenvalue weighted by Crippen LogP contribution is 2.34. The zero-order valence-corrected chi connectivity index (χ0v) is 17.4. The first-order valence-corrected chi connectivity index (χ1v) is 9.82. The molecule has 176 valence electrons. The van der Waals surface area contributed by atoms with E-state index in [0.29, 0.717) is 23.6 Å². The number of halogens is 4. The quantitative estimate of drug-likeness (QED) is 0.403. The molecule has 0 aliphatic heterocycles. The fourth-order valence-corrected chi connectivity index (χ4v) is 2.82. The molecule has 0 aliphatic rings. The summed E-state index contributed by atoms with van der Waals surface area (Å²) in [7, 11) is 0. The van der Waals surface area contributed by atoms with E-state index in [9.17, 15) is 22.4 Å². The van der Waals surface area contributed by atoms with Crippen LogP contribution in [-0.4, -0.2) is 37.1 Å². The first-order chi connectivity index (χ1) is 15.9. The van der Waals surface area contributed by atoms with E-state index in [1.165, 1.54) is 18.4 Å². The van der Waals surface area contributed by atoms with Crippen molar-refractivity contribution in [1.29, 1.82) is 0 Å². The molecule has 0 saturated heterocycles. The molecule has 0 atom stereocenters. The first kappa shape index (κ1) is 23.9. The van der Waals surface area contributed by atoms with Crippen LogP contribution in [0.4, 0.5) is 17.6 Å². The van der Waals surface area contributed by atoms with Crippen LogP contribution in [0.3, 0.4) is 0 Å². The number of hydrogen-bond donors (Lipinski definition) is 1. The largest absolute Gasteiger partial charge is 0.493 e. The minimum atomic E-state index is -3.16. The van der Waals surface area contributed by atoms with E-state index < -0.39 is 25.4 Å². The Morgan fingerprint density at radius 3 is 2.58 bits per heavy atom. The predicted octanol–water partition coefficient (Wildman–Crippen LogP) is 4.92. The highest BCUT2D eigenvalue weighted by atomic mass is 19.3. The number of para-hydroxylation sites is 1. The summed E-state index contributed by atoms with van der Waals surface area (Å²) in [6.07, 6.45) is -1.51. The molecule has 11 heteroatoms. The van der Waals surface area contributed by atoms with Crippen molar-refractivity contribution in [2.24, 2.45) is 0 Å². The number of carbonyl (C=O) groups excluding carboxylic acids is 1. The first-order valence-electron chi connectivity index (χ1n) is 9.82. The van der Waals surface area contributed by atoms with Crippen molar-refractivity contribution in [2.45, 2.75) is 26.5 Å². The maximum Gasteiger partial charge on any atom is 0.387 e. The van der Waals surface area contributed by atoms with Gasteiger partial charge in [0.25, 0.3) is 12.3 Å². The maximum absolute atomic E-state index is 12.6. The van der Waals surface area contributed by atoms with Gasteiger partial charge < -0.3 is 23.9 Å². The van der Waals surface area contributed by atoms with Gasteiger partial charge in [-0.05, 0) is 37.3 Å². The Bertz CT molecular complexity index is 1070. The van der Waals surface area contributed by atoms with Gasteiger partial charge in [0.1, 0.15) is 18.6 Å². The van der Waals surface area contributed by atoms with E-state index in [4.69, 9.17) is 13.9 Å². The lowest BCUT2D eigenvalue weighted by atomic mass is 10.2. The molecule has 0 fully saturated rings. The number of hydrogen-bond acceptors (Lipinski definition) is 6. The number of oxazole rings is 1. The number of ether oxygens (including phenoxy) is 3. The summed E-state index contributed by atoms with van der Waals surface area (Å²) >= 11 is 0. The molecule has 0 aliphatic carbocycles. The lowest BCUT2D eigenvalue weighted by Gasteiger charge is -2.12. The smallest absolute Gasteiger partial charge is 0.387 e. The third-order valence-electron chi connectivity index (χ3n) is 4.18. The summed E-state index contributed by atoms with van der Waals surface area (Å²) < 4.78 is 70.1. The van der Waals surface area contributed by atoms with Gasteiger partial charge in [-0.25, -0.2) is 13.8 Å². The molecule has 7 nitrogen and oxygen atoms in total. The number of amides is 1. The minimum Gasteiger partial charge on any atom is -0.493 e. The Balaban J connectivity index is 1.71. The number of alkyl halides is 4. The molecule has 2 aromatic carbocycles. The fraction of sp³-hybridized carbons (Fsp3) is 0.273. The topological polar surface area (TPSA) is 82.8 Å². The zero-order valence-electron chi connectivity index (χ0n) is 17.4. The molecule has 1 amide bonds. The molecular weight excluding hydrogens is 448 g/mol. The van der Waals surface area contributed by atoms with Gasteiger partial charge in [-0.1, -0.05) is 12.1 Å². The Morgan fingerprint density at radius 1 is 1.06 bits per heavy atom. The fourth-order valence-electron chi connectivity index (χ4n) is 2.82. The van der Waals surface area contributed by atoms with Crippen LogP contribution < -0.4 is 19.5 Å². The van der Waals surface area contributed by atoms with Crippen LogP contribution in [-0.2, 0) is 6.54 Å². The van der Waals surface area contributed by atoms with Crippen molar-refractivity contribution in [3.8, 4) is 28.7 Å². The monoisotopic (exact) mass is 468 g/mol. The number of carbonyl (C=O) groups is 1. The van der Waals surface area contributed by atoms with Gasteiger partial charge in [-0.2, -0.15) is 8.78 Å². The second-order valence-corrected chi connectivity index (χ2v) is 6.50. The van der Waals surface area contributed by atoms with Crippen LogP contribution in [0.1, 0.15) is 23.0 Å². The zero-order chi connectivity index (χ0) is 23.8. The molecule has 0 saturated carbocycles. The normalized spacial score (nSPS) is 11.0. The molecule has 1 aromatic heterocycles. The van der Waals surface area contributed by atoms with Crippen LogP contribution in [0.15, 0.2) is 53.1 Å². The van der Waals surface area contributed by atoms with Gasteiger partial charge in [-0.15, -0.1) is 0 Å². The molecular formula is C22H20F4N2O5. The number of nitrogens with one attached hydrogen (secondary N) is 1. The van der Waals surface area contributed by atoms with Crippen LogP contribution in [0.5, 0.6) is 17.2 Å². The van der Waals surface area contributed by atoms with Crippen LogP contribution >= 0.6 is 0 Å². The van der Waals surface area contributed by atoms with Crippen molar-refractivity contribution < 1.29 is 41.0 Å². The Hall–Kier alpha value is -3.76. The van der Waals surface area contributed by atoms with Gasteiger partial charge in [0.15, 0.2) is 11.5 Å². The highest BCUT2D eigenvalue weighted by molar-refractivity contribution is 5.96. The summed E-state index contributed by atoms with van der Waals surface area (Å²) in [5.74, 6) is -0.574. The third kappa shape index (κ3) is 6.61. The van der Waals surface area contributed by atoms with Gasteiger partial charge in [-0.3, -0.25) is 4.79 Å². The third-order valence-corrected chi connectivity index (χ3v) is 4.18. The van der Waals surface area contributed by atoms with Crippen LogP contribution in [0.2, 0.25) is 0 Å². The average molecular weight is 468 g/mol.